The second kappa shape index (κ2) is 5.90. The minimum absolute atomic E-state index is 0.173. The number of nitrogen functional groups attached to an aromatic ring is 1. The molecule has 0 unspecified atom stereocenters. The van der Waals surface area contributed by atoms with Crippen LogP contribution in [0.4, 0.5) is 10.8 Å². The van der Waals surface area contributed by atoms with Crippen molar-refractivity contribution in [3.8, 4) is 0 Å². The maximum absolute atomic E-state index is 11.2. The van der Waals surface area contributed by atoms with Crippen molar-refractivity contribution in [3.05, 3.63) is 40.4 Å². The highest BCUT2D eigenvalue weighted by molar-refractivity contribution is 7.11. The molecule has 0 aliphatic carbocycles. The van der Waals surface area contributed by atoms with Crippen molar-refractivity contribution in [2.45, 2.75) is 6.42 Å². The van der Waals surface area contributed by atoms with E-state index in [0.29, 0.717) is 16.6 Å². The zero-order valence-corrected chi connectivity index (χ0v) is 11.6. The molecule has 2 aromatic rings. The van der Waals surface area contributed by atoms with Gasteiger partial charge in [0.1, 0.15) is 10.6 Å². The number of nitrogens with zero attached hydrogens (tertiary/aromatic N) is 1. The molecule has 0 atom stereocenters. The fraction of sp³-hybridized carbons (Fsp3) is 0.167. The van der Waals surface area contributed by atoms with Crippen molar-refractivity contribution in [1.29, 1.82) is 0 Å². The third-order valence-electron chi connectivity index (χ3n) is 2.58. The van der Waals surface area contributed by atoms with Gasteiger partial charge in [-0.15, -0.1) is 0 Å². The molecular formula is C12H13ClN4OS. The Labute approximate surface area is 119 Å². The molecule has 0 bridgehead atoms. The third-order valence-corrected chi connectivity index (χ3v) is 3.65. The first kappa shape index (κ1) is 13.6. The smallest absolute Gasteiger partial charge is 0.255 e. The molecule has 100 valence electrons. The number of nitrogens with two attached hydrogens (primary N) is 2. The summed E-state index contributed by atoms with van der Waals surface area (Å²) in [6.07, 6.45) is 0.799. The van der Waals surface area contributed by atoms with E-state index in [9.17, 15) is 4.79 Å². The SMILES string of the molecule is NC(=O)c1c(N)nsc1NCCc1ccc(Cl)cc1. The number of nitrogens with one attached hydrogen (secondary N) is 1. The number of benzene rings is 1. The Bertz CT molecular complexity index is 582. The van der Waals surface area contributed by atoms with Crippen LogP contribution in [0.2, 0.25) is 5.02 Å². The fourth-order valence-electron chi connectivity index (χ4n) is 1.63. The Morgan fingerprint density at radius 2 is 2.05 bits per heavy atom. The van der Waals surface area contributed by atoms with Gasteiger partial charge in [0, 0.05) is 11.6 Å². The maximum atomic E-state index is 11.2. The zero-order chi connectivity index (χ0) is 13.8. The van der Waals surface area contributed by atoms with Crippen molar-refractivity contribution in [2.75, 3.05) is 17.6 Å². The van der Waals surface area contributed by atoms with Crippen molar-refractivity contribution >= 4 is 39.9 Å². The first-order chi connectivity index (χ1) is 9.08. The van der Waals surface area contributed by atoms with Crippen LogP contribution in [0.1, 0.15) is 15.9 Å². The normalized spacial score (nSPS) is 10.4. The highest BCUT2D eigenvalue weighted by atomic mass is 35.5. The van der Waals surface area contributed by atoms with E-state index in [1.54, 1.807) is 0 Å². The Balaban J connectivity index is 1.96. The van der Waals surface area contributed by atoms with E-state index in [0.717, 1.165) is 23.5 Å². The number of amides is 1. The van der Waals surface area contributed by atoms with Gasteiger partial charge >= 0.3 is 0 Å². The van der Waals surface area contributed by atoms with Gasteiger partial charge in [0.2, 0.25) is 0 Å². The third kappa shape index (κ3) is 3.36. The van der Waals surface area contributed by atoms with Gasteiger partial charge in [0.15, 0.2) is 5.82 Å². The highest BCUT2D eigenvalue weighted by Crippen LogP contribution is 2.25. The number of hydrogen-bond donors (Lipinski definition) is 3. The van der Waals surface area contributed by atoms with Crippen LogP contribution in [-0.4, -0.2) is 16.8 Å². The lowest BCUT2D eigenvalue weighted by Gasteiger charge is -2.05. The number of carbonyl (C=O) groups is 1. The minimum Gasteiger partial charge on any atom is -0.382 e. The Hall–Kier alpha value is -1.79. The number of aromatic nitrogens is 1. The summed E-state index contributed by atoms with van der Waals surface area (Å²) < 4.78 is 3.91. The molecule has 0 saturated heterocycles. The lowest BCUT2D eigenvalue weighted by Crippen LogP contribution is -2.15. The van der Waals surface area contributed by atoms with Crippen LogP contribution in [0.3, 0.4) is 0 Å². The Morgan fingerprint density at radius 3 is 2.68 bits per heavy atom. The van der Waals surface area contributed by atoms with Crippen LogP contribution in [-0.2, 0) is 6.42 Å². The zero-order valence-electron chi connectivity index (χ0n) is 10.0. The number of rotatable bonds is 5. The molecule has 0 aliphatic heterocycles. The molecule has 0 fully saturated rings. The largest absolute Gasteiger partial charge is 0.382 e. The average Bonchev–Trinajstić information content (AvgIpc) is 2.73. The Morgan fingerprint density at radius 1 is 1.37 bits per heavy atom. The van der Waals surface area contributed by atoms with E-state index >= 15 is 0 Å². The Kier molecular flexibility index (Phi) is 4.24. The molecule has 1 amide bonds. The summed E-state index contributed by atoms with van der Waals surface area (Å²) in [6, 6.07) is 7.60. The molecule has 2 rings (SSSR count). The molecule has 5 nitrogen and oxygen atoms in total. The van der Waals surface area contributed by atoms with Gasteiger partial charge in [-0.05, 0) is 35.6 Å². The van der Waals surface area contributed by atoms with Gasteiger partial charge in [0.05, 0.1) is 0 Å². The fourth-order valence-corrected chi connectivity index (χ4v) is 2.50. The van der Waals surface area contributed by atoms with E-state index in [2.05, 4.69) is 9.69 Å². The maximum Gasteiger partial charge on any atom is 0.255 e. The number of halogens is 1. The summed E-state index contributed by atoms with van der Waals surface area (Å²) in [6.45, 7) is 0.656. The quantitative estimate of drug-likeness (QED) is 0.788. The van der Waals surface area contributed by atoms with Crippen LogP contribution < -0.4 is 16.8 Å². The molecule has 0 radical (unpaired) electrons. The van der Waals surface area contributed by atoms with Crippen LogP contribution in [0.25, 0.3) is 0 Å². The van der Waals surface area contributed by atoms with Crippen molar-refractivity contribution in [2.24, 2.45) is 5.73 Å². The molecule has 7 heteroatoms. The molecule has 0 aliphatic rings. The van der Waals surface area contributed by atoms with Gasteiger partial charge in [-0.25, -0.2) is 0 Å². The molecule has 5 N–H and O–H groups in total. The minimum atomic E-state index is -0.569. The van der Waals surface area contributed by atoms with Crippen LogP contribution in [0.5, 0.6) is 0 Å². The summed E-state index contributed by atoms with van der Waals surface area (Å²) in [5, 5.41) is 4.44. The topological polar surface area (TPSA) is 94.0 Å². The van der Waals surface area contributed by atoms with Gasteiger partial charge in [0.25, 0.3) is 5.91 Å². The summed E-state index contributed by atoms with van der Waals surface area (Å²) in [5.41, 5.74) is 12.3. The predicted octanol–water partition coefficient (Wildman–Crippen LogP) is 2.13. The second-order valence-corrected chi connectivity index (χ2v) is 5.15. The lowest BCUT2D eigenvalue weighted by molar-refractivity contribution is 0.100. The summed E-state index contributed by atoms with van der Waals surface area (Å²) in [5.74, 6) is -0.397. The van der Waals surface area contributed by atoms with E-state index in [4.69, 9.17) is 23.1 Å². The van der Waals surface area contributed by atoms with Gasteiger partial charge < -0.3 is 16.8 Å². The molecular weight excluding hydrogens is 284 g/mol. The number of hydrogen-bond acceptors (Lipinski definition) is 5. The van der Waals surface area contributed by atoms with E-state index in [1.165, 1.54) is 0 Å². The molecule has 1 aromatic carbocycles. The van der Waals surface area contributed by atoms with Crippen LogP contribution >= 0.6 is 23.1 Å². The number of primary amides is 1. The predicted molar refractivity (Wildman–Crippen MR) is 78.7 cm³/mol. The van der Waals surface area contributed by atoms with Crippen LogP contribution in [0, 0.1) is 0 Å². The highest BCUT2D eigenvalue weighted by Gasteiger charge is 2.15. The molecule has 19 heavy (non-hydrogen) atoms. The molecule has 0 spiro atoms. The summed E-state index contributed by atoms with van der Waals surface area (Å²) in [4.78, 5) is 11.2. The van der Waals surface area contributed by atoms with Gasteiger partial charge in [-0.2, -0.15) is 4.37 Å². The van der Waals surface area contributed by atoms with Gasteiger partial charge in [-0.1, -0.05) is 23.7 Å². The second-order valence-electron chi connectivity index (χ2n) is 3.94. The first-order valence-electron chi connectivity index (χ1n) is 5.61. The standard InChI is InChI=1S/C12H13ClN4OS/c13-8-3-1-7(2-4-8)5-6-16-12-9(11(15)18)10(14)17-19-12/h1-4,16H,5-6H2,(H2,14,17)(H2,15,18). The lowest BCUT2D eigenvalue weighted by atomic mass is 10.1. The monoisotopic (exact) mass is 296 g/mol. The van der Waals surface area contributed by atoms with E-state index in [-0.39, 0.29) is 11.4 Å². The first-order valence-corrected chi connectivity index (χ1v) is 6.76. The molecule has 1 aromatic heterocycles. The summed E-state index contributed by atoms with van der Waals surface area (Å²) >= 11 is 6.95. The summed E-state index contributed by atoms with van der Waals surface area (Å²) in [7, 11) is 0. The molecule has 1 heterocycles. The van der Waals surface area contributed by atoms with Crippen LogP contribution in [0.15, 0.2) is 24.3 Å². The van der Waals surface area contributed by atoms with Crippen molar-refractivity contribution in [1.82, 2.24) is 4.37 Å². The number of carbonyl (C=O) groups excluding carboxylic acids is 1. The average molecular weight is 297 g/mol. The number of anilines is 2. The molecule has 0 saturated carbocycles. The van der Waals surface area contributed by atoms with E-state index < -0.39 is 5.91 Å². The van der Waals surface area contributed by atoms with Crippen molar-refractivity contribution in [3.63, 3.8) is 0 Å². The van der Waals surface area contributed by atoms with E-state index in [1.807, 2.05) is 24.3 Å². The van der Waals surface area contributed by atoms with Crippen molar-refractivity contribution < 1.29 is 4.79 Å². The van der Waals surface area contributed by atoms with Gasteiger partial charge in [-0.3, -0.25) is 4.79 Å².